The van der Waals surface area contributed by atoms with E-state index in [9.17, 15) is 4.79 Å². The van der Waals surface area contributed by atoms with E-state index in [0.717, 1.165) is 11.3 Å². The number of methoxy groups -OCH3 is 1. The van der Waals surface area contributed by atoms with Crippen LogP contribution in [-0.4, -0.2) is 23.3 Å². The molecule has 106 valence electrons. The van der Waals surface area contributed by atoms with Gasteiger partial charge in [-0.05, 0) is 12.1 Å². The summed E-state index contributed by atoms with van der Waals surface area (Å²) in [6, 6.07) is 9.78. The number of nitrogens with zero attached hydrogens (tertiary/aromatic N) is 1. The normalized spacial score (nSPS) is 12.1. The number of ether oxygens (including phenoxy) is 1. The molecule has 0 aliphatic heterocycles. The highest BCUT2D eigenvalue weighted by molar-refractivity contribution is 7.99. The number of hydrogen-bond donors (Lipinski definition) is 0. The van der Waals surface area contributed by atoms with Crippen LogP contribution in [0.3, 0.4) is 0 Å². The molecular formula is C15H17NO3S. The molecule has 2 aromatic rings. The summed E-state index contributed by atoms with van der Waals surface area (Å²) < 4.78 is 10.1. The van der Waals surface area contributed by atoms with Crippen molar-refractivity contribution in [3.63, 3.8) is 0 Å². The highest BCUT2D eigenvalue weighted by Gasteiger charge is 2.12. The first-order valence-corrected chi connectivity index (χ1v) is 7.42. The minimum absolute atomic E-state index is 0.185. The highest BCUT2D eigenvalue weighted by Crippen LogP contribution is 2.23. The van der Waals surface area contributed by atoms with E-state index in [1.165, 1.54) is 7.11 Å². The van der Waals surface area contributed by atoms with Crippen molar-refractivity contribution in [2.75, 3.05) is 7.11 Å². The Morgan fingerprint density at radius 3 is 2.85 bits per heavy atom. The first-order valence-electron chi connectivity index (χ1n) is 6.37. The summed E-state index contributed by atoms with van der Waals surface area (Å²) in [5.74, 6) is 1.16. The largest absolute Gasteiger partial charge is 0.469 e. The molecule has 0 aliphatic rings. The van der Waals surface area contributed by atoms with Crippen molar-refractivity contribution in [1.82, 2.24) is 4.98 Å². The predicted octanol–water partition coefficient (Wildman–Crippen LogP) is 3.53. The van der Waals surface area contributed by atoms with Crippen molar-refractivity contribution >= 4 is 17.7 Å². The Hall–Kier alpha value is -1.75. The lowest BCUT2D eigenvalue weighted by Crippen LogP contribution is -2.08. The van der Waals surface area contributed by atoms with Gasteiger partial charge in [-0.1, -0.05) is 25.1 Å². The number of esters is 1. The number of rotatable bonds is 6. The number of carbonyl (C=O) groups is 1. The van der Waals surface area contributed by atoms with Crippen LogP contribution >= 0.6 is 11.8 Å². The standard InChI is InChI=1S/C15H17NO3S/c1-11(8-14(17)18-2)20-10-13-9-19-15(16-13)12-6-4-3-5-7-12/h3-7,9,11H,8,10H2,1-2H3/t11-/m1/s1. The van der Waals surface area contributed by atoms with Gasteiger partial charge in [-0.25, -0.2) is 4.98 Å². The zero-order valence-electron chi connectivity index (χ0n) is 11.5. The lowest BCUT2D eigenvalue weighted by molar-refractivity contribution is -0.140. The van der Waals surface area contributed by atoms with E-state index in [0.29, 0.717) is 18.1 Å². The summed E-state index contributed by atoms with van der Waals surface area (Å²) in [4.78, 5) is 15.6. The molecule has 0 saturated carbocycles. The maximum Gasteiger partial charge on any atom is 0.306 e. The maximum atomic E-state index is 11.2. The van der Waals surface area contributed by atoms with E-state index < -0.39 is 0 Å². The molecule has 0 spiro atoms. The molecule has 0 N–H and O–H groups in total. The molecule has 0 radical (unpaired) electrons. The summed E-state index contributed by atoms with van der Waals surface area (Å²) in [5.41, 5.74) is 1.84. The van der Waals surface area contributed by atoms with Gasteiger partial charge in [0, 0.05) is 16.6 Å². The Morgan fingerprint density at radius 2 is 2.15 bits per heavy atom. The second-order valence-corrected chi connectivity index (χ2v) is 5.84. The zero-order valence-corrected chi connectivity index (χ0v) is 12.4. The van der Waals surface area contributed by atoms with Crippen molar-refractivity contribution in [3.8, 4) is 11.5 Å². The smallest absolute Gasteiger partial charge is 0.306 e. The van der Waals surface area contributed by atoms with Crippen molar-refractivity contribution in [2.45, 2.75) is 24.3 Å². The maximum absolute atomic E-state index is 11.2. The van der Waals surface area contributed by atoms with Crippen LogP contribution in [0.4, 0.5) is 0 Å². The Labute approximate surface area is 122 Å². The van der Waals surface area contributed by atoms with Crippen LogP contribution in [0.15, 0.2) is 41.0 Å². The minimum atomic E-state index is -0.185. The molecule has 4 nitrogen and oxygen atoms in total. The molecule has 0 aliphatic carbocycles. The van der Waals surface area contributed by atoms with E-state index in [-0.39, 0.29) is 11.2 Å². The van der Waals surface area contributed by atoms with E-state index in [4.69, 9.17) is 4.42 Å². The Morgan fingerprint density at radius 1 is 1.40 bits per heavy atom. The molecule has 0 amide bonds. The van der Waals surface area contributed by atoms with E-state index in [1.807, 2.05) is 37.3 Å². The number of hydrogen-bond acceptors (Lipinski definition) is 5. The third kappa shape index (κ3) is 4.13. The SMILES string of the molecule is COC(=O)C[C@@H](C)SCc1coc(-c2ccccc2)n1. The van der Waals surface area contributed by atoms with Crippen LogP contribution in [0.1, 0.15) is 19.0 Å². The number of aromatic nitrogens is 1. The molecule has 0 bridgehead atoms. The third-order valence-corrected chi connectivity index (χ3v) is 3.97. The molecule has 1 aromatic carbocycles. The fourth-order valence-corrected chi connectivity index (χ4v) is 2.53. The van der Waals surface area contributed by atoms with Gasteiger partial charge in [0.1, 0.15) is 6.26 Å². The molecule has 0 unspecified atom stereocenters. The van der Waals surface area contributed by atoms with E-state index in [1.54, 1.807) is 18.0 Å². The topological polar surface area (TPSA) is 52.3 Å². The van der Waals surface area contributed by atoms with Gasteiger partial charge in [0.2, 0.25) is 5.89 Å². The average Bonchev–Trinajstić information content (AvgIpc) is 2.95. The summed E-state index contributed by atoms with van der Waals surface area (Å²) in [6.45, 7) is 2.00. The molecule has 1 heterocycles. The van der Waals surface area contributed by atoms with E-state index in [2.05, 4.69) is 9.72 Å². The van der Waals surface area contributed by atoms with Crippen molar-refractivity contribution in [3.05, 3.63) is 42.3 Å². The van der Waals surface area contributed by atoms with Crippen LogP contribution in [0.25, 0.3) is 11.5 Å². The van der Waals surface area contributed by atoms with Gasteiger partial charge in [0.15, 0.2) is 0 Å². The predicted molar refractivity (Wildman–Crippen MR) is 79.3 cm³/mol. The lowest BCUT2D eigenvalue weighted by atomic mass is 10.2. The second-order valence-electron chi connectivity index (χ2n) is 4.41. The number of thioether (sulfide) groups is 1. The van der Waals surface area contributed by atoms with Gasteiger partial charge in [0.25, 0.3) is 0 Å². The third-order valence-electron chi connectivity index (χ3n) is 2.77. The van der Waals surface area contributed by atoms with Gasteiger partial charge in [0.05, 0.1) is 19.2 Å². The summed E-state index contributed by atoms with van der Waals surface area (Å²) >= 11 is 1.66. The zero-order chi connectivity index (χ0) is 14.4. The minimum Gasteiger partial charge on any atom is -0.469 e. The number of benzene rings is 1. The van der Waals surface area contributed by atoms with Crippen LogP contribution in [0.5, 0.6) is 0 Å². The Balaban J connectivity index is 1.89. The van der Waals surface area contributed by atoms with Gasteiger partial charge < -0.3 is 9.15 Å². The molecular weight excluding hydrogens is 274 g/mol. The summed E-state index contributed by atoms with van der Waals surface area (Å²) in [6.07, 6.45) is 2.07. The van der Waals surface area contributed by atoms with Gasteiger partial charge >= 0.3 is 5.97 Å². The van der Waals surface area contributed by atoms with Crippen LogP contribution in [-0.2, 0) is 15.3 Å². The molecule has 2 rings (SSSR count). The molecule has 0 saturated heterocycles. The van der Waals surface area contributed by atoms with Crippen molar-refractivity contribution < 1.29 is 13.9 Å². The fraction of sp³-hybridized carbons (Fsp3) is 0.333. The Bertz CT molecular complexity index is 553. The van der Waals surface area contributed by atoms with Gasteiger partial charge in [-0.3, -0.25) is 4.79 Å². The number of carbonyl (C=O) groups excluding carboxylic acids is 1. The Kier molecular flexibility index (Phi) is 5.24. The van der Waals surface area contributed by atoms with Crippen molar-refractivity contribution in [1.29, 1.82) is 0 Å². The fourth-order valence-electron chi connectivity index (χ4n) is 1.69. The van der Waals surface area contributed by atoms with Crippen LogP contribution < -0.4 is 0 Å². The summed E-state index contributed by atoms with van der Waals surface area (Å²) in [7, 11) is 1.41. The lowest BCUT2D eigenvalue weighted by Gasteiger charge is -2.07. The van der Waals surface area contributed by atoms with Gasteiger partial charge in [-0.15, -0.1) is 0 Å². The number of oxazole rings is 1. The van der Waals surface area contributed by atoms with Crippen LogP contribution in [0.2, 0.25) is 0 Å². The first-order chi connectivity index (χ1) is 9.69. The molecule has 5 heteroatoms. The van der Waals surface area contributed by atoms with Crippen molar-refractivity contribution in [2.24, 2.45) is 0 Å². The average molecular weight is 291 g/mol. The van der Waals surface area contributed by atoms with Crippen LogP contribution in [0, 0.1) is 0 Å². The second kappa shape index (κ2) is 7.14. The highest BCUT2D eigenvalue weighted by atomic mass is 32.2. The quantitative estimate of drug-likeness (QED) is 0.762. The van der Waals surface area contributed by atoms with E-state index >= 15 is 0 Å². The van der Waals surface area contributed by atoms with Gasteiger partial charge in [-0.2, -0.15) is 11.8 Å². The monoisotopic (exact) mass is 291 g/mol. The molecule has 1 aromatic heterocycles. The summed E-state index contributed by atoms with van der Waals surface area (Å²) in [5, 5.41) is 0.194. The molecule has 0 fully saturated rings. The first kappa shape index (κ1) is 14.7. The molecule has 1 atom stereocenters. The molecule has 20 heavy (non-hydrogen) atoms.